The fraction of sp³-hybridized carbons (Fsp3) is 0.917. The highest BCUT2D eigenvalue weighted by Crippen LogP contribution is 2.62. The van der Waals surface area contributed by atoms with Gasteiger partial charge in [0, 0.05) is 12.8 Å². The Hall–Kier alpha value is -0.800. The average molecular weight is 326 g/mol. The van der Waals surface area contributed by atoms with Crippen LogP contribution in [0, 0.1) is 5.92 Å². The van der Waals surface area contributed by atoms with Crippen molar-refractivity contribution in [3.63, 3.8) is 0 Å². The number of alkyl halides is 2. The topological polar surface area (TPSA) is 78.9 Å². The van der Waals surface area contributed by atoms with Crippen molar-refractivity contribution in [3.05, 3.63) is 0 Å². The number of ether oxygens (including phenoxy) is 2. The normalized spacial score (nSPS) is 50.4. The van der Waals surface area contributed by atoms with E-state index in [1.54, 1.807) is 20.8 Å². The molecule has 3 aliphatic heterocycles. The maximum Gasteiger partial charge on any atom is 0.377 e. The lowest BCUT2D eigenvalue weighted by atomic mass is 9.69. The number of hydrogen-bond acceptors (Lipinski definition) is 6. The molecule has 0 N–H and O–H groups in total. The zero-order valence-corrected chi connectivity index (χ0v) is 12.7. The minimum Gasteiger partial charge on any atom is -0.453 e. The molecule has 3 aliphatic rings. The van der Waals surface area contributed by atoms with E-state index in [1.165, 1.54) is 0 Å². The van der Waals surface area contributed by atoms with Crippen LogP contribution in [-0.2, 0) is 28.6 Å². The molecular weight excluding hydrogens is 310 g/mol. The van der Waals surface area contributed by atoms with Crippen molar-refractivity contribution in [2.75, 3.05) is 0 Å². The minimum atomic E-state index is -4.05. The summed E-state index contributed by atoms with van der Waals surface area (Å²) in [6.45, 7) is 5.27. The van der Waals surface area contributed by atoms with Crippen molar-refractivity contribution in [1.29, 1.82) is 0 Å². The molecule has 6 atom stereocenters. The van der Waals surface area contributed by atoms with Gasteiger partial charge in [0.15, 0.2) is 11.4 Å². The van der Waals surface area contributed by atoms with Gasteiger partial charge < -0.3 is 9.47 Å². The third-order valence-electron chi connectivity index (χ3n) is 5.05. The lowest BCUT2D eigenvalue weighted by Gasteiger charge is -2.38. The zero-order chi connectivity index (χ0) is 16.0. The molecule has 21 heavy (non-hydrogen) atoms. The molecule has 0 radical (unpaired) electrons. The molecule has 2 bridgehead atoms. The highest BCUT2D eigenvalue weighted by Gasteiger charge is 2.80. The van der Waals surface area contributed by atoms with E-state index in [2.05, 4.69) is 0 Å². The molecule has 0 aromatic rings. The van der Waals surface area contributed by atoms with Crippen LogP contribution in [0.2, 0.25) is 0 Å². The Bertz CT molecular complexity index is 614. The van der Waals surface area contributed by atoms with Gasteiger partial charge in [-0.05, 0) is 13.8 Å². The van der Waals surface area contributed by atoms with Crippen LogP contribution >= 0.6 is 0 Å². The van der Waals surface area contributed by atoms with Crippen LogP contribution in [0.3, 0.4) is 0 Å². The molecule has 0 amide bonds. The van der Waals surface area contributed by atoms with Crippen molar-refractivity contribution < 1.29 is 35.6 Å². The Morgan fingerprint density at radius 3 is 2.38 bits per heavy atom. The molecule has 3 fully saturated rings. The Morgan fingerprint density at radius 2 is 1.86 bits per heavy atom. The van der Waals surface area contributed by atoms with Crippen LogP contribution < -0.4 is 0 Å². The van der Waals surface area contributed by atoms with Crippen LogP contribution in [-0.4, -0.2) is 49.0 Å². The molecular formula is C12H16F2O6S. The second kappa shape index (κ2) is 3.75. The quantitative estimate of drug-likeness (QED) is 0.553. The van der Waals surface area contributed by atoms with E-state index < -0.39 is 56.6 Å². The average Bonchev–Trinajstić information content (AvgIpc) is 2.76. The molecule has 0 aromatic carbocycles. The Balaban J connectivity index is 2.02. The highest BCUT2D eigenvalue weighted by atomic mass is 32.2. The van der Waals surface area contributed by atoms with Crippen molar-refractivity contribution in [3.8, 4) is 0 Å². The van der Waals surface area contributed by atoms with Crippen molar-refractivity contribution >= 4 is 16.1 Å². The Kier molecular flexibility index (Phi) is 2.70. The number of rotatable bonds is 2. The Morgan fingerprint density at radius 1 is 1.29 bits per heavy atom. The van der Waals surface area contributed by atoms with Gasteiger partial charge in [0.1, 0.15) is 17.3 Å². The van der Waals surface area contributed by atoms with Crippen LogP contribution in [0.25, 0.3) is 0 Å². The van der Waals surface area contributed by atoms with E-state index in [9.17, 15) is 22.0 Å². The van der Waals surface area contributed by atoms with E-state index in [0.29, 0.717) is 6.92 Å². The summed E-state index contributed by atoms with van der Waals surface area (Å²) in [6, 6.07) is 0. The van der Waals surface area contributed by atoms with Crippen molar-refractivity contribution in [2.24, 2.45) is 5.92 Å². The number of carbonyl (C=O) groups excluding carboxylic acids is 1. The molecule has 0 aliphatic carbocycles. The van der Waals surface area contributed by atoms with Crippen molar-refractivity contribution in [1.82, 2.24) is 0 Å². The van der Waals surface area contributed by atoms with E-state index >= 15 is 0 Å². The SMILES string of the molecule is CC1C2(C)OC3C(C2OC(=O)C(C)(F)F)S(=O)(=O)OC31C. The fourth-order valence-corrected chi connectivity index (χ4v) is 5.74. The summed E-state index contributed by atoms with van der Waals surface area (Å²) in [6.07, 6.45) is -2.14. The monoisotopic (exact) mass is 326 g/mol. The van der Waals surface area contributed by atoms with Crippen LogP contribution in [0.1, 0.15) is 27.7 Å². The number of carbonyl (C=O) groups is 1. The first-order valence-electron chi connectivity index (χ1n) is 6.55. The number of halogens is 2. The lowest BCUT2D eigenvalue weighted by molar-refractivity contribution is -0.184. The van der Waals surface area contributed by atoms with Gasteiger partial charge in [-0.3, -0.25) is 4.18 Å². The number of esters is 1. The van der Waals surface area contributed by atoms with Crippen LogP contribution in [0.5, 0.6) is 0 Å². The predicted octanol–water partition coefficient (Wildman–Crippen LogP) is 0.848. The maximum atomic E-state index is 13.0. The molecule has 3 rings (SSSR count). The molecule has 9 heteroatoms. The molecule has 0 saturated carbocycles. The van der Waals surface area contributed by atoms with Crippen LogP contribution in [0.15, 0.2) is 0 Å². The molecule has 6 nitrogen and oxygen atoms in total. The van der Waals surface area contributed by atoms with Gasteiger partial charge in [-0.2, -0.15) is 17.2 Å². The van der Waals surface area contributed by atoms with Gasteiger partial charge >= 0.3 is 11.9 Å². The third-order valence-corrected chi connectivity index (χ3v) is 6.80. The van der Waals surface area contributed by atoms with Crippen molar-refractivity contribution in [2.45, 2.75) is 62.3 Å². The smallest absolute Gasteiger partial charge is 0.377 e. The van der Waals surface area contributed by atoms with E-state index in [1.807, 2.05) is 0 Å². The van der Waals surface area contributed by atoms with Gasteiger partial charge in [0.25, 0.3) is 10.1 Å². The van der Waals surface area contributed by atoms with E-state index in [4.69, 9.17) is 13.7 Å². The predicted molar refractivity (Wildman–Crippen MR) is 65.1 cm³/mol. The number of fused-ring (bicyclic) bond motifs is 1. The first-order chi connectivity index (χ1) is 9.34. The fourth-order valence-electron chi connectivity index (χ4n) is 3.63. The summed E-state index contributed by atoms with van der Waals surface area (Å²) in [4.78, 5) is 11.4. The number of hydrogen-bond donors (Lipinski definition) is 0. The summed E-state index contributed by atoms with van der Waals surface area (Å²) in [5.41, 5.74) is -2.23. The van der Waals surface area contributed by atoms with E-state index in [-0.39, 0.29) is 0 Å². The summed E-state index contributed by atoms with van der Waals surface area (Å²) < 4.78 is 66.0. The maximum absolute atomic E-state index is 13.0. The first-order valence-corrected chi connectivity index (χ1v) is 8.02. The largest absolute Gasteiger partial charge is 0.453 e. The third kappa shape index (κ3) is 1.68. The highest BCUT2D eigenvalue weighted by molar-refractivity contribution is 7.87. The molecule has 120 valence electrons. The van der Waals surface area contributed by atoms with Gasteiger partial charge in [-0.1, -0.05) is 6.92 Å². The second-order valence-electron chi connectivity index (χ2n) is 6.38. The summed E-state index contributed by atoms with van der Waals surface area (Å²) in [5.74, 6) is -5.90. The van der Waals surface area contributed by atoms with E-state index in [0.717, 1.165) is 0 Å². The molecule has 0 aromatic heterocycles. The molecule has 6 unspecified atom stereocenters. The molecule has 3 heterocycles. The second-order valence-corrected chi connectivity index (χ2v) is 8.08. The lowest BCUT2D eigenvalue weighted by Crippen LogP contribution is -2.57. The first kappa shape index (κ1) is 15.1. The zero-order valence-electron chi connectivity index (χ0n) is 11.9. The molecule has 3 saturated heterocycles. The summed E-state index contributed by atoms with van der Waals surface area (Å²) >= 11 is 0. The van der Waals surface area contributed by atoms with Gasteiger partial charge in [0.05, 0.1) is 0 Å². The van der Waals surface area contributed by atoms with Gasteiger partial charge in [-0.25, -0.2) is 4.79 Å². The standard InChI is InChI=1S/C12H16F2O6S/c1-5-10(2)7(18-9(15)12(4,13)14)6-8(19-10)11(5,3)20-21(6,16)17/h5-8H,1-4H3. The molecule has 0 spiro atoms. The Labute approximate surface area is 120 Å². The summed E-state index contributed by atoms with van der Waals surface area (Å²) in [5, 5.41) is -1.27. The minimum absolute atomic E-state index is 0.402. The van der Waals surface area contributed by atoms with Crippen LogP contribution in [0.4, 0.5) is 8.78 Å². The van der Waals surface area contributed by atoms with Gasteiger partial charge in [0.2, 0.25) is 0 Å². The van der Waals surface area contributed by atoms with Gasteiger partial charge in [-0.15, -0.1) is 0 Å². The summed E-state index contributed by atoms with van der Waals surface area (Å²) in [7, 11) is -4.05.